The summed E-state index contributed by atoms with van der Waals surface area (Å²) in [5, 5.41) is 0.519. The lowest BCUT2D eigenvalue weighted by Crippen LogP contribution is -2.60. The molecule has 1 saturated heterocycles. The van der Waals surface area contributed by atoms with Gasteiger partial charge in [0.2, 0.25) is 0 Å². The molecule has 2 aromatic rings. The van der Waals surface area contributed by atoms with Crippen molar-refractivity contribution < 1.29 is 4.74 Å². The van der Waals surface area contributed by atoms with Crippen LogP contribution in [-0.4, -0.2) is 34.8 Å². The minimum atomic E-state index is -0.176. The topological polar surface area (TPSA) is 43.2 Å². The summed E-state index contributed by atoms with van der Waals surface area (Å²) in [5.74, 6) is 0.996. The van der Waals surface area contributed by atoms with Crippen molar-refractivity contribution in [3.63, 3.8) is 0 Å². The molecule has 20 heavy (non-hydrogen) atoms. The molecule has 0 aliphatic carbocycles. The van der Waals surface area contributed by atoms with Crippen LogP contribution in [0, 0.1) is 6.92 Å². The second kappa shape index (κ2) is 3.74. The van der Waals surface area contributed by atoms with Crippen molar-refractivity contribution in [2.75, 3.05) is 25.2 Å². The first-order valence-electron chi connectivity index (χ1n) is 6.56. The number of fused-ring (bicyclic) bond motifs is 4. The standard InChI is InChI=1S/C14H15ClN4O/c1-8-17-10-9-4-5-16-13(15)11(9)19(3)14(6-20-7-14)12(10)18(8)2/h4-5H,6-7H2,1-3H3. The number of likely N-dealkylation sites (N-methyl/N-ethyl adjacent to an activating group) is 1. The van der Waals surface area contributed by atoms with Crippen LogP contribution in [0.2, 0.25) is 5.15 Å². The Morgan fingerprint density at radius 2 is 2.10 bits per heavy atom. The Hall–Kier alpha value is -1.59. The molecule has 0 unspecified atom stereocenters. The summed E-state index contributed by atoms with van der Waals surface area (Å²) in [4.78, 5) is 11.2. The Labute approximate surface area is 122 Å². The molecule has 0 atom stereocenters. The highest BCUT2D eigenvalue weighted by atomic mass is 35.5. The number of rotatable bonds is 0. The van der Waals surface area contributed by atoms with Gasteiger partial charge < -0.3 is 14.2 Å². The second-order valence-corrected chi connectivity index (χ2v) is 5.85. The van der Waals surface area contributed by atoms with Crippen LogP contribution in [0.3, 0.4) is 0 Å². The van der Waals surface area contributed by atoms with Gasteiger partial charge in [-0.3, -0.25) is 0 Å². The lowest BCUT2D eigenvalue weighted by atomic mass is 9.83. The summed E-state index contributed by atoms with van der Waals surface area (Å²) in [7, 11) is 4.11. The van der Waals surface area contributed by atoms with Gasteiger partial charge in [-0.25, -0.2) is 9.97 Å². The molecule has 6 heteroatoms. The van der Waals surface area contributed by atoms with Crippen LogP contribution in [0.15, 0.2) is 12.3 Å². The van der Waals surface area contributed by atoms with Gasteiger partial charge >= 0.3 is 0 Å². The summed E-state index contributed by atoms with van der Waals surface area (Å²) >= 11 is 6.33. The first-order chi connectivity index (χ1) is 9.56. The molecule has 2 aliphatic heterocycles. The third-order valence-corrected chi connectivity index (χ3v) is 4.83. The third-order valence-electron chi connectivity index (χ3n) is 4.55. The number of aryl methyl sites for hydroxylation is 1. The number of hydrogen-bond donors (Lipinski definition) is 0. The fourth-order valence-corrected chi connectivity index (χ4v) is 3.55. The van der Waals surface area contributed by atoms with Gasteiger partial charge in [0.1, 0.15) is 11.4 Å². The molecule has 0 radical (unpaired) electrons. The molecule has 0 N–H and O–H groups in total. The Balaban J connectivity index is 2.11. The summed E-state index contributed by atoms with van der Waals surface area (Å²) in [5.41, 5.74) is 4.03. The molecule has 2 aliphatic rings. The smallest absolute Gasteiger partial charge is 0.152 e. The van der Waals surface area contributed by atoms with E-state index in [4.69, 9.17) is 21.3 Å². The average Bonchev–Trinajstić information content (AvgIpc) is 2.66. The van der Waals surface area contributed by atoms with Crippen LogP contribution in [0.4, 0.5) is 5.69 Å². The molecule has 104 valence electrons. The number of pyridine rings is 1. The van der Waals surface area contributed by atoms with Gasteiger partial charge in [-0.15, -0.1) is 0 Å². The van der Waals surface area contributed by atoms with Crippen molar-refractivity contribution in [2.45, 2.75) is 12.5 Å². The molecular weight excluding hydrogens is 276 g/mol. The van der Waals surface area contributed by atoms with Crippen molar-refractivity contribution in [3.8, 4) is 11.3 Å². The molecule has 4 heterocycles. The van der Waals surface area contributed by atoms with E-state index in [9.17, 15) is 0 Å². The zero-order chi connectivity index (χ0) is 14.1. The summed E-state index contributed by atoms with van der Waals surface area (Å²) in [6, 6.07) is 1.98. The number of halogens is 1. The van der Waals surface area contributed by atoms with Gasteiger partial charge in [-0.1, -0.05) is 11.6 Å². The van der Waals surface area contributed by atoms with Crippen molar-refractivity contribution in [3.05, 3.63) is 28.9 Å². The van der Waals surface area contributed by atoms with Crippen LogP contribution < -0.4 is 4.90 Å². The average molecular weight is 291 g/mol. The van der Waals surface area contributed by atoms with Gasteiger partial charge in [0.05, 0.1) is 30.3 Å². The molecule has 5 nitrogen and oxygen atoms in total. The Bertz CT molecular complexity index is 720. The van der Waals surface area contributed by atoms with Crippen LogP contribution in [0.25, 0.3) is 11.3 Å². The largest absolute Gasteiger partial charge is 0.376 e. The SMILES string of the molecule is Cc1nc2c(n1C)C1(COC1)N(C)c1c-2ccnc1Cl. The highest BCUT2D eigenvalue weighted by molar-refractivity contribution is 6.32. The van der Waals surface area contributed by atoms with Crippen molar-refractivity contribution in [1.82, 2.24) is 14.5 Å². The van der Waals surface area contributed by atoms with E-state index < -0.39 is 0 Å². The zero-order valence-corrected chi connectivity index (χ0v) is 12.4. The van der Waals surface area contributed by atoms with E-state index in [1.165, 1.54) is 5.69 Å². The zero-order valence-electron chi connectivity index (χ0n) is 11.6. The number of imidazole rings is 1. The molecule has 0 aromatic carbocycles. The molecule has 1 fully saturated rings. The van der Waals surface area contributed by atoms with Gasteiger partial charge in [-0.2, -0.15) is 0 Å². The van der Waals surface area contributed by atoms with Crippen LogP contribution >= 0.6 is 11.6 Å². The maximum absolute atomic E-state index is 6.33. The molecular formula is C14H15ClN4O. The Morgan fingerprint density at radius 3 is 2.75 bits per heavy atom. The van der Waals surface area contributed by atoms with Crippen LogP contribution in [-0.2, 0) is 17.3 Å². The maximum Gasteiger partial charge on any atom is 0.152 e. The molecule has 0 amide bonds. The molecule has 1 spiro atoms. The number of hydrogen-bond acceptors (Lipinski definition) is 4. The molecule has 0 bridgehead atoms. The normalized spacial score (nSPS) is 18.7. The highest BCUT2D eigenvalue weighted by Gasteiger charge is 2.52. The second-order valence-electron chi connectivity index (χ2n) is 5.50. The Kier molecular flexibility index (Phi) is 2.28. The fraction of sp³-hybridized carbons (Fsp3) is 0.429. The quantitative estimate of drug-likeness (QED) is 0.697. The predicted molar refractivity (Wildman–Crippen MR) is 77.1 cm³/mol. The number of aromatic nitrogens is 3. The monoisotopic (exact) mass is 290 g/mol. The molecule has 2 aromatic heterocycles. The van der Waals surface area contributed by atoms with Crippen molar-refractivity contribution in [1.29, 1.82) is 0 Å². The number of anilines is 1. The Morgan fingerprint density at radius 1 is 1.35 bits per heavy atom. The third kappa shape index (κ3) is 1.22. The fourth-order valence-electron chi connectivity index (χ4n) is 3.27. The highest BCUT2D eigenvalue weighted by Crippen LogP contribution is 2.51. The van der Waals surface area contributed by atoms with E-state index >= 15 is 0 Å². The maximum atomic E-state index is 6.33. The van der Waals surface area contributed by atoms with Gasteiger partial charge in [0.15, 0.2) is 5.15 Å². The van der Waals surface area contributed by atoms with Crippen molar-refractivity contribution >= 4 is 17.3 Å². The van der Waals surface area contributed by atoms with E-state index in [0.29, 0.717) is 18.4 Å². The number of nitrogens with zero attached hydrogens (tertiary/aromatic N) is 4. The van der Waals surface area contributed by atoms with Gasteiger partial charge in [-0.05, 0) is 13.0 Å². The lowest BCUT2D eigenvalue weighted by Gasteiger charge is -2.52. The number of ether oxygens (including phenoxy) is 1. The predicted octanol–water partition coefficient (Wildman–Crippen LogP) is 2.12. The van der Waals surface area contributed by atoms with Gasteiger partial charge in [0, 0.05) is 25.9 Å². The molecule has 0 saturated carbocycles. The van der Waals surface area contributed by atoms with E-state index in [0.717, 1.165) is 22.8 Å². The first kappa shape index (κ1) is 12.2. The van der Waals surface area contributed by atoms with Crippen LogP contribution in [0.5, 0.6) is 0 Å². The van der Waals surface area contributed by atoms with E-state index in [-0.39, 0.29) is 5.54 Å². The van der Waals surface area contributed by atoms with Gasteiger partial charge in [0.25, 0.3) is 0 Å². The first-order valence-corrected chi connectivity index (χ1v) is 6.94. The van der Waals surface area contributed by atoms with E-state index in [2.05, 4.69) is 28.5 Å². The minimum Gasteiger partial charge on any atom is -0.376 e. The lowest BCUT2D eigenvalue weighted by molar-refractivity contribution is -0.0629. The van der Waals surface area contributed by atoms with E-state index in [1.807, 2.05) is 13.0 Å². The minimum absolute atomic E-state index is 0.176. The van der Waals surface area contributed by atoms with Crippen molar-refractivity contribution in [2.24, 2.45) is 7.05 Å². The van der Waals surface area contributed by atoms with E-state index in [1.54, 1.807) is 6.20 Å². The molecule has 4 rings (SSSR count). The summed E-state index contributed by atoms with van der Waals surface area (Å²) in [6.45, 7) is 3.33. The van der Waals surface area contributed by atoms with Crippen LogP contribution in [0.1, 0.15) is 11.5 Å². The summed E-state index contributed by atoms with van der Waals surface area (Å²) < 4.78 is 7.67. The summed E-state index contributed by atoms with van der Waals surface area (Å²) in [6.07, 6.45) is 1.73.